The Morgan fingerprint density at radius 1 is 1.03 bits per heavy atom. The van der Waals surface area contributed by atoms with Gasteiger partial charge in [0.15, 0.2) is 5.82 Å². The number of rotatable bonds is 5. The van der Waals surface area contributed by atoms with Crippen molar-refractivity contribution in [1.29, 1.82) is 0 Å². The van der Waals surface area contributed by atoms with E-state index in [0.717, 1.165) is 11.3 Å². The summed E-state index contributed by atoms with van der Waals surface area (Å²) < 4.78 is 3.26. The molecule has 0 fully saturated rings. The van der Waals surface area contributed by atoms with Crippen LogP contribution in [0.15, 0.2) is 79.1 Å². The minimum absolute atomic E-state index is 0.316. The molecule has 1 N–H and O–H groups in total. The standard InChI is InChI=1S/C20H14N8OS/c29-19(25-16-7-4-8-22-18(16)28-13-21-12-24-28)17-11-30-20(26-17)14-9-23-27(10-14)15-5-2-1-3-6-15/h1-13H,(H,25,29). The van der Waals surface area contributed by atoms with E-state index in [0.29, 0.717) is 22.2 Å². The van der Waals surface area contributed by atoms with Gasteiger partial charge in [0.05, 0.1) is 17.6 Å². The number of hydrogen-bond donors (Lipinski definition) is 1. The lowest BCUT2D eigenvalue weighted by molar-refractivity contribution is 0.102. The van der Waals surface area contributed by atoms with Crippen molar-refractivity contribution in [3.63, 3.8) is 0 Å². The first-order valence-corrected chi connectivity index (χ1v) is 9.83. The number of anilines is 1. The monoisotopic (exact) mass is 414 g/mol. The molecule has 30 heavy (non-hydrogen) atoms. The average Bonchev–Trinajstić information content (AvgIpc) is 3.56. The van der Waals surface area contributed by atoms with E-state index in [-0.39, 0.29) is 5.91 Å². The summed E-state index contributed by atoms with van der Waals surface area (Å²) in [7, 11) is 0. The molecule has 1 aromatic carbocycles. The van der Waals surface area contributed by atoms with E-state index < -0.39 is 0 Å². The first-order chi connectivity index (χ1) is 14.8. The van der Waals surface area contributed by atoms with Gasteiger partial charge < -0.3 is 5.32 Å². The number of nitrogens with zero attached hydrogens (tertiary/aromatic N) is 7. The van der Waals surface area contributed by atoms with Crippen molar-refractivity contribution < 1.29 is 4.79 Å². The van der Waals surface area contributed by atoms with Gasteiger partial charge in [-0.15, -0.1) is 11.3 Å². The summed E-state index contributed by atoms with van der Waals surface area (Å²) in [4.78, 5) is 25.4. The molecule has 10 heteroatoms. The fraction of sp³-hybridized carbons (Fsp3) is 0. The van der Waals surface area contributed by atoms with Gasteiger partial charge in [-0.25, -0.2) is 24.3 Å². The summed E-state index contributed by atoms with van der Waals surface area (Å²) in [5.41, 5.74) is 2.62. The van der Waals surface area contributed by atoms with Gasteiger partial charge in [0.2, 0.25) is 0 Å². The second-order valence-corrected chi connectivity index (χ2v) is 7.07. The van der Waals surface area contributed by atoms with Crippen molar-refractivity contribution >= 4 is 22.9 Å². The van der Waals surface area contributed by atoms with Crippen LogP contribution >= 0.6 is 11.3 Å². The molecular formula is C20H14N8OS. The third kappa shape index (κ3) is 3.47. The third-order valence-corrected chi connectivity index (χ3v) is 5.15. The quantitative estimate of drug-likeness (QED) is 0.474. The lowest BCUT2D eigenvalue weighted by Crippen LogP contribution is -2.15. The Balaban J connectivity index is 1.37. The van der Waals surface area contributed by atoms with E-state index in [1.54, 1.807) is 34.6 Å². The maximum absolute atomic E-state index is 12.7. The number of pyridine rings is 1. The zero-order valence-electron chi connectivity index (χ0n) is 15.5. The molecule has 9 nitrogen and oxygen atoms in total. The van der Waals surface area contributed by atoms with E-state index in [1.165, 1.54) is 28.7 Å². The van der Waals surface area contributed by atoms with E-state index in [4.69, 9.17) is 0 Å². The van der Waals surface area contributed by atoms with Crippen LogP contribution in [0.3, 0.4) is 0 Å². The van der Waals surface area contributed by atoms with E-state index in [2.05, 4.69) is 30.5 Å². The molecule has 0 saturated heterocycles. The van der Waals surface area contributed by atoms with Crippen molar-refractivity contribution in [2.45, 2.75) is 0 Å². The van der Waals surface area contributed by atoms with E-state index in [1.807, 2.05) is 36.5 Å². The average molecular weight is 414 g/mol. The van der Waals surface area contributed by atoms with Gasteiger partial charge in [-0.1, -0.05) is 18.2 Å². The van der Waals surface area contributed by atoms with Crippen molar-refractivity contribution in [2.24, 2.45) is 0 Å². The number of hydrogen-bond acceptors (Lipinski definition) is 7. The fourth-order valence-corrected chi connectivity index (χ4v) is 3.62. The van der Waals surface area contributed by atoms with Gasteiger partial charge in [0.1, 0.15) is 23.4 Å². The Morgan fingerprint density at radius 2 is 1.93 bits per heavy atom. The highest BCUT2D eigenvalue weighted by Crippen LogP contribution is 2.25. The molecule has 0 spiro atoms. The molecule has 5 aromatic rings. The molecule has 0 aliphatic rings. The molecule has 5 rings (SSSR count). The molecule has 0 unspecified atom stereocenters. The number of thiazole rings is 1. The zero-order chi connectivity index (χ0) is 20.3. The summed E-state index contributed by atoms with van der Waals surface area (Å²) >= 11 is 1.38. The highest BCUT2D eigenvalue weighted by molar-refractivity contribution is 7.13. The molecule has 0 bridgehead atoms. The van der Waals surface area contributed by atoms with Gasteiger partial charge in [-0.05, 0) is 24.3 Å². The van der Waals surface area contributed by atoms with Crippen LogP contribution in [0.2, 0.25) is 0 Å². The summed E-state index contributed by atoms with van der Waals surface area (Å²) in [5, 5.41) is 13.7. The van der Waals surface area contributed by atoms with Gasteiger partial charge >= 0.3 is 0 Å². The normalized spacial score (nSPS) is 10.8. The number of carbonyl (C=O) groups excluding carboxylic acids is 1. The summed E-state index contributed by atoms with van der Waals surface area (Å²) in [6, 6.07) is 13.3. The van der Waals surface area contributed by atoms with Crippen molar-refractivity contribution in [1.82, 2.24) is 34.5 Å². The molecule has 0 aliphatic heterocycles. The predicted octanol–water partition coefficient (Wildman–Crippen LogP) is 3.22. The number of amides is 1. The smallest absolute Gasteiger partial charge is 0.275 e. The third-order valence-electron chi connectivity index (χ3n) is 4.26. The summed E-state index contributed by atoms with van der Waals surface area (Å²) in [6.45, 7) is 0. The van der Waals surface area contributed by atoms with Crippen LogP contribution in [0.4, 0.5) is 5.69 Å². The lowest BCUT2D eigenvalue weighted by Gasteiger charge is -2.08. The molecule has 0 radical (unpaired) electrons. The number of nitrogens with one attached hydrogen (secondary N) is 1. The van der Waals surface area contributed by atoms with Crippen LogP contribution in [0.1, 0.15) is 10.5 Å². The largest absolute Gasteiger partial charge is 0.317 e. The lowest BCUT2D eigenvalue weighted by atomic mass is 10.3. The molecule has 4 aromatic heterocycles. The van der Waals surface area contributed by atoms with Gasteiger partial charge in [0, 0.05) is 23.3 Å². The second kappa shape index (κ2) is 7.68. The highest BCUT2D eigenvalue weighted by atomic mass is 32.1. The van der Waals surface area contributed by atoms with Crippen molar-refractivity contribution in [2.75, 3.05) is 5.32 Å². The maximum atomic E-state index is 12.7. The number of aromatic nitrogens is 7. The SMILES string of the molecule is O=C(Nc1cccnc1-n1cncn1)c1csc(-c2cnn(-c3ccccc3)c2)n1. The Morgan fingerprint density at radius 3 is 2.77 bits per heavy atom. The molecule has 4 heterocycles. The number of carbonyl (C=O) groups is 1. The van der Waals surface area contributed by atoms with Crippen LogP contribution < -0.4 is 5.32 Å². The van der Waals surface area contributed by atoms with Crippen LogP contribution in [-0.2, 0) is 0 Å². The Hall–Kier alpha value is -4.18. The van der Waals surface area contributed by atoms with Crippen molar-refractivity contribution in [3.8, 4) is 22.1 Å². The topological polar surface area (TPSA) is 103 Å². The number of benzene rings is 1. The first kappa shape index (κ1) is 17.9. The maximum Gasteiger partial charge on any atom is 0.275 e. The summed E-state index contributed by atoms with van der Waals surface area (Å²) in [6.07, 6.45) is 8.17. The molecular weight excluding hydrogens is 400 g/mol. The first-order valence-electron chi connectivity index (χ1n) is 8.95. The minimum atomic E-state index is -0.331. The molecule has 1 amide bonds. The Labute approximate surface area is 174 Å². The van der Waals surface area contributed by atoms with Crippen LogP contribution in [0, 0.1) is 0 Å². The molecule has 0 aliphatic carbocycles. The number of para-hydroxylation sites is 1. The van der Waals surface area contributed by atoms with Crippen LogP contribution in [-0.4, -0.2) is 40.4 Å². The fourth-order valence-electron chi connectivity index (χ4n) is 2.85. The molecule has 146 valence electrons. The second-order valence-electron chi connectivity index (χ2n) is 6.22. The highest BCUT2D eigenvalue weighted by Gasteiger charge is 2.16. The van der Waals surface area contributed by atoms with Crippen molar-refractivity contribution in [3.05, 3.63) is 84.8 Å². The van der Waals surface area contributed by atoms with Gasteiger partial charge in [-0.3, -0.25) is 4.79 Å². The van der Waals surface area contributed by atoms with Gasteiger partial charge in [-0.2, -0.15) is 10.2 Å². The van der Waals surface area contributed by atoms with E-state index in [9.17, 15) is 4.79 Å². The summed E-state index contributed by atoms with van der Waals surface area (Å²) in [5.74, 6) is 0.144. The molecule has 0 atom stereocenters. The van der Waals surface area contributed by atoms with Gasteiger partial charge in [0.25, 0.3) is 5.91 Å². The minimum Gasteiger partial charge on any atom is -0.317 e. The Bertz CT molecular complexity index is 1290. The van der Waals surface area contributed by atoms with Crippen LogP contribution in [0.5, 0.6) is 0 Å². The Kier molecular flexibility index (Phi) is 4.58. The van der Waals surface area contributed by atoms with E-state index >= 15 is 0 Å². The zero-order valence-corrected chi connectivity index (χ0v) is 16.3. The molecule has 0 saturated carbocycles. The van der Waals surface area contributed by atoms with Crippen LogP contribution in [0.25, 0.3) is 22.1 Å². The predicted molar refractivity (Wildman–Crippen MR) is 112 cm³/mol.